The summed E-state index contributed by atoms with van der Waals surface area (Å²) in [5.74, 6) is -2.02. The minimum atomic E-state index is -4.40. The Balaban J connectivity index is 2.09. The van der Waals surface area contributed by atoms with Crippen LogP contribution in [0.3, 0.4) is 0 Å². The highest BCUT2D eigenvalue weighted by Gasteiger charge is 2.27. The normalized spacial score (nSPS) is 12.9. The molecule has 2 aromatic carbocycles. The molecule has 0 aliphatic heterocycles. The van der Waals surface area contributed by atoms with Crippen LogP contribution in [0.15, 0.2) is 48.5 Å². The van der Waals surface area contributed by atoms with Crippen molar-refractivity contribution in [3.05, 3.63) is 70.8 Å². The molecule has 0 atom stereocenters. The highest BCUT2D eigenvalue weighted by atomic mass is 19.4. The van der Waals surface area contributed by atoms with Crippen LogP contribution in [-0.2, 0) is 11.3 Å². The smallest absolute Gasteiger partial charge is 0.367 e. The summed E-state index contributed by atoms with van der Waals surface area (Å²) in [5, 5.41) is 0. The lowest BCUT2D eigenvalue weighted by Crippen LogP contribution is -2.16. The van der Waals surface area contributed by atoms with Crippen molar-refractivity contribution < 1.29 is 26.7 Å². The number of benzene rings is 2. The predicted molar refractivity (Wildman–Crippen MR) is 82.4 cm³/mol. The molecule has 2 rings (SSSR count). The largest absolute Gasteiger partial charge is 0.411 e. The third-order valence-electron chi connectivity index (χ3n) is 3.24. The van der Waals surface area contributed by atoms with Gasteiger partial charge in [-0.3, -0.25) is 0 Å². The number of hydrogen-bond acceptors (Lipinski definition) is 1. The van der Waals surface area contributed by atoms with E-state index in [-0.39, 0.29) is 17.7 Å². The third-order valence-corrected chi connectivity index (χ3v) is 3.24. The summed E-state index contributed by atoms with van der Waals surface area (Å²) in [6.45, 7) is 0.220. The van der Waals surface area contributed by atoms with Crippen LogP contribution in [0, 0.1) is 6.92 Å². The standard InChI is InChI=1S/C18H15F5O/c1-12-2-6-14(7-3-12)16(19)17(20)15-8-4-13(5-9-15)10-24-11-18(21,22)23/h2-9H,10-11H2,1H3/b17-16-. The fraction of sp³-hybridized carbons (Fsp3) is 0.222. The molecule has 1 nitrogen and oxygen atoms in total. The van der Waals surface area contributed by atoms with E-state index in [0.29, 0.717) is 5.56 Å². The summed E-state index contributed by atoms with van der Waals surface area (Å²) in [5.41, 5.74) is 1.49. The van der Waals surface area contributed by atoms with E-state index in [2.05, 4.69) is 4.74 Å². The van der Waals surface area contributed by atoms with E-state index < -0.39 is 24.4 Å². The van der Waals surface area contributed by atoms with Gasteiger partial charge in [-0.1, -0.05) is 54.1 Å². The van der Waals surface area contributed by atoms with Gasteiger partial charge in [0.2, 0.25) is 0 Å². The van der Waals surface area contributed by atoms with E-state index in [0.717, 1.165) is 5.56 Å². The fourth-order valence-electron chi connectivity index (χ4n) is 1.99. The first-order chi connectivity index (χ1) is 11.3. The van der Waals surface area contributed by atoms with Crippen molar-refractivity contribution in [2.75, 3.05) is 6.61 Å². The molecule has 0 aliphatic rings. The third kappa shape index (κ3) is 5.16. The Morgan fingerprint density at radius 1 is 0.833 bits per heavy atom. The molecule has 0 bridgehead atoms. The zero-order valence-electron chi connectivity index (χ0n) is 12.8. The summed E-state index contributed by atoms with van der Waals surface area (Å²) in [6.07, 6.45) is -4.40. The lowest BCUT2D eigenvalue weighted by atomic mass is 10.1. The van der Waals surface area contributed by atoms with Gasteiger partial charge >= 0.3 is 6.18 Å². The van der Waals surface area contributed by atoms with Crippen molar-refractivity contribution >= 4 is 11.7 Å². The number of rotatable bonds is 5. The van der Waals surface area contributed by atoms with Crippen molar-refractivity contribution in [2.45, 2.75) is 19.7 Å². The van der Waals surface area contributed by atoms with Gasteiger partial charge in [-0.15, -0.1) is 0 Å². The van der Waals surface area contributed by atoms with Crippen LogP contribution in [0.5, 0.6) is 0 Å². The van der Waals surface area contributed by atoms with E-state index >= 15 is 0 Å². The van der Waals surface area contributed by atoms with Gasteiger partial charge in [0, 0.05) is 11.1 Å². The minimum absolute atomic E-state index is 0.00708. The summed E-state index contributed by atoms with van der Waals surface area (Å²) < 4.78 is 68.8. The van der Waals surface area contributed by atoms with Gasteiger partial charge in [-0.25, -0.2) is 8.78 Å². The Morgan fingerprint density at radius 2 is 1.29 bits per heavy atom. The summed E-state index contributed by atoms with van der Waals surface area (Å²) in [6, 6.07) is 11.7. The Hall–Kier alpha value is -2.21. The number of halogens is 5. The van der Waals surface area contributed by atoms with Crippen molar-refractivity contribution in [1.82, 2.24) is 0 Å². The SMILES string of the molecule is Cc1ccc(/C(F)=C(/F)c2ccc(COCC(F)(F)F)cc2)cc1. The molecule has 24 heavy (non-hydrogen) atoms. The summed E-state index contributed by atoms with van der Waals surface area (Å²) in [4.78, 5) is 0. The van der Waals surface area contributed by atoms with Gasteiger partial charge in [0.25, 0.3) is 0 Å². The quantitative estimate of drug-likeness (QED) is 0.490. The van der Waals surface area contributed by atoms with Crippen LogP contribution >= 0.6 is 0 Å². The summed E-state index contributed by atoms with van der Waals surface area (Å²) >= 11 is 0. The zero-order chi connectivity index (χ0) is 17.7. The molecule has 2 aromatic rings. The lowest BCUT2D eigenvalue weighted by molar-refractivity contribution is -0.176. The van der Waals surface area contributed by atoms with Crippen LogP contribution in [0.25, 0.3) is 11.7 Å². The van der Waals surface area contributed by atoms with Gasteiger partial charge in [-0.05, 0) is 12.5 Å². The zero-order valence-corrected chi connectivity index (χ0v) is 12.8. The first-order valence-electron chi connectivity index (χ1n) is 7.12. The molecule has 0 amide bonds. The molecule has 6 heteroatoms. The molecule has 0 fully saturated rings. The van der Waals surface area contributed by atoms with E-state index in [9.17, 15) is 22.0 Å². The molecule has 0 heterocycles. The Labute approximate surface area is 136 Å². The molecular formula is C18H15F5O. The fourth-order valence-corrected chi connectivity index (χ4v) is 1.99. The maximum Gasteiger partial charge on any atom is 0.411 e. The Bertz CT molecular complexity index is 700. The van der Waals surface area contributed by atoms with E-state index in [1.54, 1.807) is 12.1 Å². The van der Waals surface area contributed by atoms with Crippen LogP contribution in [0.1, 0.15) is 22.3 Å². The van der Waals surface area contributed by atoms with Crippen molar-refractivity contribution in [3.63, 3.8) is 0 Å². The lowest BCUT2D eigenvalue weighted by Gasteiger charge is -2.08. The van der Waals surface area contributed by atoms with Gasteiger partial charge in [0.1, 0.15) is 6.61 Å². The maximum absolute atomic E-state index is 14.2. The Kier molecular flexibility index (Phi) is 5.72. The molecule has 0 aromatic heterocycles. The van der Waals surface area contributed by atoms with Crippen molar-refractivity contribution in [1.29, 1.82) is 0 Å². The maximum atomic E-state index is 14.2. The predicted octanol–water partition coefficient (Wildman–Crippen LogP) is 5.84. The molecule has 0 saturated carbocycles. The first kappa shape index (κ1) is 18.1. The average molecular weight is 342 g/mol. The van der Waals surface area contributed by atoms with E-state index in [1.807, 2.05) is 6.92 Å². The molecule has 0 N–H and O–H groups in total. The second-order valence-electron chi connectivity index (χ2n) is 5.30. The van der Waals surface area contributed by atoms with Gasteiger partial charge < -0.3 is 4.74 Å². The number of aryl methyl sites for hydroxylation is 1. The van der Waals surface area contributed by atoms with Crippen molar-refractivity contribution in [3.8, 4) is 0 Å². The van der Waals surface area contributed by atoms with E-state index in [4.69, 9.17) is 0 Å². The van der Waals surface area contributed by atoms with Crippen molar-refractivity contribution in [2.24, 2.45) is 0 Å². The van der Waals surface area contributed by atoms with E-state index in [1.165, 1.54) is 36.4 Å². The molecule has 0 unspecified atom stereocenters. The molecule has 0 spiro atoms. The number of ether oxygens (including phenoxy) is 1. The highest BCUT2D eigenvalue weighted by molar-refractivity contribution is 5.83. The monoisotopic (exact) mass is 342 g/mol. The van der Waals surface area contributed by atoms with Crippen LogP contribution in [0.4, 0.5) is 22.0 Å². The van der Waals surface area contributed by atoms with Gasteiger partial charge in [0.05, 0.1) is 6.61 Å². The average Bonchev–Trinajstić information content (AvgIpc) is 2.54. The first-order valence-corrected chi connectivity index (χ1v) is 7.12. The molecule has 0 saturated heterocycles. The van der Waals surface area contributed by atoms with Gasteiger partial charge in [0.15, 0.2) is 11.7 Å². The number of hydrogen-bond donors (Lipinski definition) is 0. The van der Waals surface area contributed by atoms with Crippen LogP contribution in [-0.4, -0.2) is 12.8 Å². The van der Waals surface area contributed by atoms with Crippen LogP contribution < -0.4 is 0 Å². The van der Waals surface area contributed by atoms with Crippen LogP contribution in [0.2, 0.25) is 0 Å². The molecule has 0 aliphatic carbocycles. The molecule has 128 valence electrons. The summed E-state index contributed by atoms with van der Waals surface area (Å²) in [7, 11) is 0. The second-order valence-corrected chi connectivity index (χ2v) is 5.30. The highest BCUT2D eigenvalue weighted by Crippen LogP contribution is 2.29. The van der Waals surface area contributed by atoms with Gasteiger partial charge in [-0.2, -0.15) is 13.2 Å². The molecule has 0 radical (unpaired) electrons. The number of alkyl halides is 3. The second kappa shape index (κ2) is 7.57. The topological polar surface area (TPSA) is 9.23 Å². The molecular weight excluding hydrogens is 327 g/mol. The Morgan fingerprint density at radius 3 is 1.75 bits per heavy atom. The minimum Gasteiger partial charge on any atom is -0.367 e.